The summed E-state index contributed by atoms with van der Waals surface area (Å²) in [6.45, 7) is 4.27. The van der Waals surface area contributed by atoms with Crippen LogP contribution >= 0.6 is 11.6 Å². The molecule has 1 aromatic rings. The smallest absolute Gasteiger partial charge is 0.0501 e. The standard InChI is InChI=1S/C13H20ClNOS/c1-10(2)13(15-3)9-17(16)8-11-6-4-5-7-12(11)14/h4-7,10,13,15H,8-9H2,1-3H3. The van der Waals surface area contributed by atoms with Gasteiger partial charge in [-0.1, -0.05) is 43.6 Å². The number of nitrogens with one attached hydrogen (secondary N) is 1. The maximum atomic E-state index is 12.1. The minimum absolute atomic E-state index is 0.290. The molecule has 17 heavy (non-hydrogen) atoms. The summed E-state index contributed by atoms with van der Waals surface area (Å²) in [5, 5.41) is 3.91. The summed E-state index contributed by atoms with van der Waals surface area (Å²) in [7, 11) is 1.04. The van der Waals surface area contributed by atoms with Crippen LogP contribution in [0, 0.1) is 5.92 Å². The minimum atomic E-state index is -0.879. The summed E-state index contributed by atoms with van der Waals surface area (Å²) in [6, 6.07) is 7.88. The first-order chi connectivity index (χ1) is 8.04. The van der Waals surface area contributed by atoms with Gasteiger partial charge in [0.2, 0.25) is 0 Å². The third-order valence-electron chi connectivity index (χ3n) is 2.82. The maximum absolute atomic E-state index is 12.1. The Morgan fingerprint density at radius 3 is 2.53 bits per heavy atom. The van der Waals surface area contributed by atoms with E-state index in [1.807, 2.05) is 31.3 Å². The van der Waals surface area contributed by atoms with Gasteiger partial charge in [-0.2, -0.15) is 0 Å². The Bertz CT molecular complexity index is 381. The van der Waals surface area contributed by atoms with E-state index in [4.69, 9.17) is 11.6 Å². The SMILES string of the molecule is CNC(CS(=O)Cc1ccccc1Cl)C(C)C. The summed E-state index contributed by atoms with van der Waals surface area (Å²) in [4.78, 5) is 0. The van der Waals surface area contributed by atoms with E-state index in [2.05, 4.69) is 19.2 Å². The van der Waals surface area contributed by atoms with Crippen LogP contribution in [0.15, 0.2) is 24.3 Å². The number of hydrogen-bond acceptors (Lipinski definition) is 2. The van der Waals surface area contributed by atoms with Gasteiger partial charge in [0.25, 0.3) is 0 Å². The van der Waals surface area contributed by atoms with Gasteiger partial charge in [0.1, 0.15) is 0 Å². The van der Waals surface area contributed by atoms with Crippen molar-refractivity contribution in [2.75, 3.05) is 12.8 Å². The van der Waals surface area contributed by atoms with Gasteiger partial charge in [0, 0.05) is 27.6 Å². The second-order valence-corrected chi connectivity index (χ2v) is 6.39. The van der Waals surface area contributed by atoms with E-state index in [-0.39, 0.29) is 0 Å². The Kier molecular flexibility index (Phi) is 6.17. The number of rotatable bonds is 6. The highest BCUT2D eigenvalue weighted by molar-refractivity contribution is 7.84. The van der Waals surface area contributed by atoms with Crippen molar-refractivity contribution in [2.24, 2.45) is 5.92 Å². The molecule has 1 rings (SSSR count). The van der Waals surface area contributed by atoms with Crippen LogP contribution in [0.25, 0.3) is 0 Å². The van der Waals surface area contributed by atoms with E-state index in [9.17, 15) is 4.21 Å². The van der Waals surface area contributed by atoms with E-state index in [1.165, 1.54) is 0 Å². The highest BCUT2D eigenvalue weighted by Gasteiger charge is 2.15. The molecule has 4 heteroatoms. The van der Waals surface area contributed by atoms with Crippen LogP contribution in [0.1, 0.15) is 19.4 Å². The van der Waals surface area contributed by atoms with Crippen LogP contribution in [0.4, 0.5) is 0 Å². The Hall–Kier alpha value is -0.380. The first-order valence-corrected chi connectivity index (χ1v) is 7.66. The lowest BCUT2D eigenvalue weighted by Gasteiger charge is -2.19. The lowest BCUT2D eigenvalue weighted by atomic mass is 10.1. The molecular weight excluding hydrogens is 254 g/mol. The van der Waals surface area contributed by atoms with Crippen LogP contribution in [-0.4, -0.2) is 23.1 Å². The molecule has 1 N–H and O–H groups in total. The second-order valence-electron chi connectivity index (χ2n) is 4.48. The molecule has 1 aromatic carbocycles. The monoisotopic (exact) mass is 273 g/mol. The Balaban J connectivity index is 2.58. The molecule has 2 atom stereocenters. The first kappa shape index (κ1) is 14.7. The zero-order valence-corrected chi connectivity index (χ0v) is 12.1. The van der Waals surface area contributed by atoms with Gasteiger partial charge in [-0.15, -0.1) is 0 Å². The molecule has 2 nitrogen and oxygen atoms in total. The Morgan fingerprint density at radius 1 is 1.35 bits per heavy atom. The average molecular weight is 274 g/mol. The molecule has 0 heterocycles. The molecule has 96 valence electrons. The van der Waals surface area contributed by atoms with Crippen molar-refractivity contribution < 1.29 is 4.21 Å². The van der Waals surface area contributed by atoms with Gasteiger partial charge in [-0.05, 0) is 24.6 Å². The summed E-state index contributed by atoms with van der Waals surface area (Å²) in [5.74, 6) is 1.68. The molecular formula is C13H20ClNOS. The molecule has 0 bridgehead atoms. The predicted molar refractivity (Wildman–Crippen MR) is 75.9 cm³/mol. The summed E-state index contributed by atoms with van der Waals surface area (Å²) in [5.41, 5.74) is 0.964. The first-order valence-electron chi connectivity index (χ1n) is 5.80. The number of benzene rings is 1. The zero-order valence-electron chi connectivity index (χ0n) is 10.6. The zero-order chi connectivity index (χ0) is 12.8. The van der Waals surface area contributed by atoms with Crippen molar-refractivity contribution in [3.05, 3.63) is 34.9 Å². The molecule has 0 spiro atoms. The van der Waals surface area contributed by atoms with Gasteiger partial charge >= 0.3 is 0 Å². The Morgan fingerprint density at radius 2 is 2.00 bits per heavy atom. The number of halogens is 1. The molecule has 0 radical (unpaired) electrons. The van der Waals surface area contributed by atoms with Crippen molar-refractivity contribution in [1.29, 1.82) is 0 Å². The van der Waals surface area contributed by atoms with Crippen LogP contribution in [0.2, 0.25) is 5.02 Å². The highest BCUT2D eigenvalue weighted by atomic mass is 35.5. The minimum Gasteiger partial charge on any atom is -0.316 e. The average Bonchev–Trinajstić information content (AvgIpc) is 2.28. The van der Waals surface area contributed by atoms with Gasteiger partial charge < -0.3 is 5.32 Å². The van der Waals surface area contributed by atoms with Crippen LogP contribution < -0.4 is 5.32 Å². The molecule has 0 amide bonds. The fraction of sp³-hybridized carbons (Fsp3) is 0.538. The molecule has 0 aliphatic carbocycles. The third kappa shape index (κ3) is 4.78. The molecule has 0 aliphatic heterocycles. The fourth-order valence-electron chi connectivity index (χ4n) is 1.66. The molecule has 0 fully saturated rings. The summed E-state index contributed by atoms with van der Waals surface area (Å²) < 4.78 is 12.1. The fourth-order valence-corrected chi connectivity index (χ4v) is 3.61. The van der Waals surface area contributed by atoms with Gasteiger partial charge in [-0.3, -0.25) is 4.21 Å². The van der Waals surface area contributed by atoms with E-state index in [0.717, 1.165) is 5.56 Å². The lowest BCUT2D eigenvalue weighted by molar-refractivity contribution is 0.461. The predicted octanol–water partition coefficient (Wildman–Crippen LogP) is 2.83. The third-order valence-corrected chi connectivity index (χ3v) is 4.55. The van der Waals surface area contributed by atoms with Crippen LogP contribution in [0.3, 0.4) is 0 Å². The lowest BCUT2D eigenvalue weighted by Crippen LogP contribution is -2.36. The normalized spacial score (nSPS) is 14.9. The molecule has 0 saturated heterocycles. The second kappa shape index (κ2) is 7.14. The quantitative estimate of drug-likeness (QED) is 0.864. The molecule has 2 unspecified atom stereocenters. The summed E-state index contributed by atoms with van der Waals surface area (Å²) >= 11 is 6.05. The summed E-state index contributed by atoms with van der Waals surface area (Å²) in [6.07, 6.45) is 0. The molecule has 0 saturated carbocycles. The Labute approximate surface area is 111 Å². The molecule has 0 aromatic heterocycles. The van der Waals surface area contributed by atoms with Crippen molar-refractivity contribution in [2.45, 2.75) is 25.6 Å². The highest BCUT2D eigenvalue weighted by Crippen LogP contribution is 2.17. The van der Waals surface area contributed by atoms with E-state index < -0.39 is 10.8 Å². The van der Waals surface area contributed by atoms with E-state index in [0.29, 0.717) is 28.5 Å². The topological polar surface area (TPSA) is 29.1 Å². The van der Waals surface area contributed by atoms with Gasteiger partial charge in [-0.25, -0.2) is 0 Å². The van der Waals surface area contributed by atoms with Crippen LogP contribution in [0.5, 0.6) is 0 Å². The number of hydrogen-bond donors (Lipinski definition) is 1. The molecule has 0 aliphatic rings. The van der Waals surface area contributed by atoms with Crippen molar-refractivity contribution in [3.8, 4) is 0 Å². The van der Waals surface area contributed by atoms with Crippen molar-refractivity contribution in [1.82, 2.24) is 5.32 Å². The largest absolute Gasteiger partial charge is 0.316 e. The van der Waals surface area contributed by atoms with E-state index >= 15 is 0 Å². The van der Waals surface area contributed by atoms with Gasteiger partial charge in [0.15, 0.2) is 0 Å². The van der Waals surface area contributed by atoms with Gasteiger partial charge in [0.05, 0.1) is 5.75 Å². The van der Waals surface area contributed by atoms with Crippen LogP contribution in [-0.2, 0) is 16.6 Å². The van der Waals surface area contributed by atoms with Crippen molar-refractivity contribution >= 4 is 22.4 Å². The maximum Gasteiger partial charge on any atom is 0.0501 e. The van der Waals surface area contributed by atoms with E-state index in [1.54, 1.807) is 0 Å². The van der Waals surface area contributed by atoms with Crippen molar-refractivity contribution in [3.63, 3.8) is 0 Å².